The molecule has 0 saturated carbocycles. The average Bonchev–Trinajstić information content (AvgIpc) is 2.45. The van der Waals surface area contributed by atoms with Crippen molar-refractivity contribution in [2.75, 3.05) is 6.61 Å². The minimum absolute atomic E-state index is 0.0517. The van der Waals surface area contributed by atoms with E-state index in [4.69, 9.17) is 4.74 Å². The standard InChI is InChI=1S/C16H14F2O2/c1-2-9-20-16-13(7-4-8-14(16)18)15(19)11-5-3-6-12(17)10-11/h2-8,10,15,19H,1,9H2. The molecule has 0 saturated heterocycles. The first-order valence-electron chi connectivity index (χ1n) is 6.09. The van der Waals surface area contributed by atoms with E-state index in [0.717, 1.165) is 0 Å². The van der Waals surface area contributed by atoms with Crippen LogP contribution in [0.25, 0.3) is 0 Å². The molecule has 1 atom stereocenters. The largest absolute Gasteiger partial charge is 0.486 e. The Kier molecular flexibility index (Phi) is 4.48. The zero-order chi connectivity index (χ0) is 14.5. The summed E-state index contributed by atoms with van der Waals surface area (Å²) in [5.41, 5.74) is 0.580. The highest BCUT2D eigenvalue weighted by Crippen LogP contribution is 2.32. The van der Waals surface area contributed by atoms with Crippen molar-refractivity contribution >= 4 is 0 Å². The molecule has 0 heterocycles. The molecule has 0 radical (unpaired) electrons. The number of para-hydroxylation sites is 1. The fourth-order valence-corrected chi connectivity index (χ4v) is 1.89. The van der Waals surface area contributed by atoms with E-state index in [2.05, 4.69) is 6.58 Å². The number of aliphatic hydroxyl groups is 1. The van der Waals surface area contributed by atoms with Crippen molar-refractivity contribution in [3.05, 3.63) is 77.9 Å². The molecular formula is C16H14F2O2. The maximum atomic E-state index is 13.8. The maximum Gasteiger partial charge on any atom is 0.165 e. The minimum Gasteiger partial charge on any atom is -0.486 e. The Balaban J connectivity index is 2.40. The van der Waals surface area contributed by atoms with Gasteiger partial charge in [0.25, 0.3) is 0 Å². The second-order valence-electron chi connectivity index (χ2n) is 4.22. The second-order valence-corrected chi connectivity index (χ2v) is 4.22. The van der Waals surface area contributed by atoms with Crippen LogP contribution in [-0.2, 0) is 0 Å². The molecule has 2 aromatic rings. The highest BCUT2D eigenvalue weighted by Gasteiger charge is 2.19. The summed E-state index contributed by atoms with van der Waals surface area (Å²) in [6.07, 6.45) is 0.311. The van der Waals surface area contributed by atoms with E-state index < -0.39 is 17.7 Å². The summed E-state index contributed by atoms with van der Waals surface area (Å²) in [5, 5.41) is 10.3. The average molecular weight is 276 g/mol. The number of ether oxygens (including phenoxy) is 1. The van der Waals surface area contributed by atoms with Crippen molar-refractivity contribution in [1.82, 2.24) is 0 Å². The van der Waals surface area contributed by atoms with Gasteiger partial charge in [-0.15, -0.1) is 0 Å². The molecule has 1 N–H and O–H groups in total. The third-order valence-corrected chi connectivity index (χ3v) is 2.80. The van der Waals surface area contributed by atoms with Gasteiger partial charge in [-0.1, -0.05) is 36.9 Å². The van der Waals surface area contributed by atoms with E-state index in [0.29, 0.717) is 5.56 Å². The van der Waals surface area contributed by atoms with E-state index in [1.165, 1.54) is 42.5 Å². The summed E-state index contributed by atoms with van der Waals surface area (Å²) in [6.45, 7) is 3.61. The molecule has 0 spiro atoms. The monoisotopic (exact) mass is 276 g/mol. The van der Waals surface area contributed by atoms with Crippen LogP contribution in [0.5, 0.6) is 5.75 Å². The fraction of sp³-hybridized carbons (Fsp3) is 0.125. The first kappa shape index (κ1) is 14.2. The molecule has 1 unspecified atom stereocenters. The third-order valence-electron chi connectivity index (χ3n) is 2.80. The van der Waals surface area contributed by atoms with Gasteiger partial charge in [-0.05, 0) is 23.8 Å². The highest BCUT2D eigenvalue weighted by molar-refractivity contribution is 5.41. The van der Waals surface area contributed by atoms with Crippen molar-refractivity contribution in [3.63, 3.8) is 0 Å². The fourth-order valence-electron chi connectivity index (χ4n) is 1.89. The third kappa shape index (κ3) is 3.03. The molecule has 0 aliphatic carbocycles. The normalized spacial score (nSPS) is 11.9. The Hall–Kier alpha value is -2.20. The zero-order valence-electron chi connectivity index (χ0n) is 10.7. The molecule has 0 aromatic heterocycles. The van der Waals surface area contributed by atoms with Crippen molar-refractivity contribution in [2.24, 2.45) is 0 Å². The van der Waals surface area contributed by atoms with Crippen LogP contribution < -0.4 is 4.74 Å². The number of halogens is 2. The predicted octanol–water partition coefficient (Wildman–Crippen LogP) is 3.61. The molecule has 104 valence electrons. The molecule has 4 heteroatoms. The van der Waals surface area contributed by atoms with E-state index in [-0.39, 0.29) is 17.9 Å². The number of benzene rings is 2. The van der Waals surface area contributed by atoms with Crippen LogP contribution in [-0.4, -0.2) is 11.7 Å². The van der Waals surface area contributed by atoms with Gasteiger partial charge in [0.2, 0.25) is 0 Å². The van der Waals surface area contributed by atoms with Gasteiger partial charge in [0.05, 0.1) is 0 Å². The summed E-state index contributed by atoms with van der Waals surface area (Å²) in [4.78, 5) is 0. The summed E-state index contributed by atoms with van der Waals surface area (Å²) in [5.74, 6) is -1.10. The number of hydrogen-bond acceptors (Lipinski definition) is 2. The van der Waals surface area contributed by atoms with Gasteiger partial charge in [-0.2, -0.15) is 0 Å². The molecule has 0 amide bonds. The first-order valence-corrected chi connectivity index (χ1v) is 6.09. The van der Waals surface area contributed by atoms with Gasteiger partial charge in [0, 0.05) is 5.56 Å². The molecular weight excluding hydrogens is 262 g/mol. The lowest BCUT2D eigenvalue weighted by Crippen LogP contribution is -2.06. The van der Waals surface area contributed by atoms with Crippen LogP contribution in [0, 0.1) is 11.6 Å². The zero-order valence-corrected chi connectivity index (χ0v) is 10.7. The Morgan fingerprint density at radius 1 is 1.20 bits per heavy atom. The summed E-state index contributed by atoms with van der Waals surface area (Å²) >= 11 is 0. The second kappa shape index (κ2) is 6.30. The van der Waals surface area contributed by atoms with Crippen LogP contribution in [0.1, 0.15) is 17.2 Å². The van der Waals surface area contributed by atoms with E-state index in [1.54, 1.807) is 6.07 Å². The smallest absolute Gasteiger partial charge is 0.165 e. The van der Waals surface area contributed by atoms with Crippen molar-refractivity contribution in [2.45, 2.75) is 6.10 Å². The van der Waals surface area contributed by atoms with Crippen LogP contribution >= 0.6 is 0 Å². The summed E-state index contributed by atoms with van der Waals surface area (Å²) in [7, 11) is 0. The Labute approximate surface area is 115 Å². The first-order chi connectivity index (χ1) is 9.63. The Morgan fingerprint density at radius 2 is 1.95 bits per heavy atom. The number of rotatable bonds is 5. The minimum atomic E-state index is -1.17. The van der Waals surface area contributed by atoms with Crippen molar-refractivity contribution < 1.29 is 18.6 Å². The van der Waals surface area contributed by atoms with Crippen LogP contribution in [0.3, 0.4) is 0 Å². The van der Waals surface area contributed by atoms with Gasteiger partial charge in [0.15, 0.2) is 11.6 Å². The van der Waals surface area contributed by atoms with E-state index in [1.807, 2.05) is 0 Å². The van der Waals surface area contributed by atoms with Gasteiger partial charge < -0.3 is 9.84 Å². The lowest BCUT2D eigenvalue weighted by Gasteiger charge is -2.16. The van der Waals surface area contributed by atoms with Crippen LogP contribution in [0.4, 0.5) is 8.78 Å². The van der Waals surface area contributed by atoms with E-state index in [9.17, 15) is 13.9 Å². The summed E-state index contributed by atoms with van der Waals surface area (Å²) < 4.78 is 32.2. The molecule has 0 bridgehead atoms. The molecule has 20 heavy (non-hydrogen) atoms. The SMILES string of the molecule is C=CCOc1c(F)cccc1C(O)c1cccc(F)c1. The Morgan fingerprint density at radius 3 is 2.65 bits per heavy atom. The molecule has 2 rings (SSSR count). The molecule has 0 fully saturated rings. The van der Waals surface area contributed by atoms with Gasteiger partial charge in [-0.25, -0.2) is 8.78 Å². The molecule has 0 aliphatic heterocycles. The summed E-state index contributed by atoms with van der Waals surface area (Å²) in [6, 6.07) is 9.77. The topological polar surface area (TPSA) is 29.5 Å². The van der Waals surface area contributed by atoms with E-state index >= 15 is 0 Å². The number of hydrogen-bond donors (Lipinski definition) is 1. The van der Waals surface area contributed by atoms with Crippen LogP contribution in [0.2, 0.25) is 0 Å². The van der Waals surface area contributed by atoms with Crippen LogP contribution in [0.15, 0.2) is 55.1 Å². The lowest BCUT2D eigenvalue weighted by molar-refractivity contribution is 0.210. The predicted molar refractivity (Wildman–Crippen MR) is 72.6 cm³/mol. The number of aliphatic hydroxyl groups excluding tert-OH is 1. The highest BCUT2D eigenvalue weighted by atomic mass is 19.1. The Bertz CT molecular complexity index is 611. The lowest BCUT2D eigenvalue weighted by atomic mass is 10.0. The molecule has 0 aliphatic rings. The quantitative estimate of drug-likeness (QED) is 0.845. The molecule has 2 nitrogen and oxygen atoms in total. The van der Waals surface area contributed by atoms with Gasteiger partial charge >= 0.3 is 0 Å². The van der Waals surface area contributed by atoms with Crippen molar-refractivity contribution in [3.8, 4) is 5.75 Å². The van der Waals surface area contributed by atoms with Gasteiger partial charge in [0.1, 0.15) is 18.5 Å². The molecule has 2 aromatic carbocycles. The van der Waals surface area contributed by atoms with Gasteiger partial charge in [-0.3, -0.25) is 0 Å². The van der Waals surface area contributed by atoms with Crippen molar-refractivity contribution in [1.29, 1.82) is 0 Å². The maximum absolute atomic E-state index is 13.8.